The molecule has 4 amide bonds. The van der Waals surface area contributed by atoms with Crippen LogP contribution in [0.5, 0.6) is 0 Å². The zero-order chi connectivity index (χ0) is 26.4. The molecule has 0 aromatic carbocycles. The molecule has 0 aliphatic carbocycles. The van der Waals surface area contributed by atoms with Gasteiger partial charge in [0.2, 0.25) is 23.6 Å². The molecule has 0 bridgehead atoms. The maximum atomic E-state index is 12.8. The van der Waals surface area contributed by atoms with Crippen LogP contribution in [0.15, 0.2) is 0 Å². The standard InChI is InChI=1S/C19H34N6O9/c1-9(26)15(18(32)24-12(19(33)34)8-13(22)27)25-17(31)11(4-2-3-7-20)23-16(30)10(21)5-6-14(28)29/h9-12,15,26H,2-8,20-21H2,1H3,(H2,22,27)(H,23,30)(H,24,32)(H,25,31)(H,28,29)(H,33,34). The number of aliphatic carboxylic acids is 2. The number of amides is 4. The molecule has 0 aromatic rings. The van der Waals surface area contributed by atoms with Gasteiger partial charge in [-0.25, -0.2) is 4.79 Å². The quantitative estimate of drug-likeness (QED) is 0.0888. The van der Waals surface area contributed by atoms with E-state index in [1.54, 1.807) is 0 Å². The second kappa shape index (κ2) is 15.5. The molecular weight excluding hydrogens is 456 g/mol. The molecule has 15 heteroatoms. The number of aliphatic hydroxyl groups is 1. The van der Waals surface area contributed by atoms with Crippen LogP contribution in [-0.2, 0) is 28.8 Å². The second-order valence-electron chi connectivity index (χ2n) is 7.68. The molecule has 0 saturated carbocycles. The van der Waals surface area contributed by atoms with E-state index in [2.05, 4.69) is 10.6 Å². The molecule has 12 N–H and O–H groups in total. The molecule has 5 unspecified atom stereocenters. The highest BCUT2D eigenvalue weighted by Crippen LogP contribution is 2.05. The van der Waals surface area contributed by atoms with Crippen LogP contribution >= 0.6 is 0 Å². The van der Waals surface area contributed by atoms with Crippen LogP contribution in [0.4, 0.5) is 0 Å². The van der Waals surface area contributed by atoms with E-state index in [-0.39, 0.29) is 19.3 Å². The summed E-state index contributed by atoms with van der Waals surface area (Å²) < 4.78 is 0. The van der Waals surface area contributed by atoms with Crippen LogP contribution in [0.2, 0.25) is 0 Å². The van der Waals surface area contributed by atoms with Gasteiger partial charge in [0.15, 0.2) is 0 Å². The highest BCUT2D eigenvalue weighted by Gasteiger charge is 2.33. The minimum absolute atomic E-state index is 0.0913. The molecule has 0 aliphatic rings. The number of nitrogens with two attached hydrogens (primary N) is 3. The summed E-state index contributed by atoms with van der Waals surface area (Å²) in [6.07, 6.45) is -1.72. The van der Waals surface area contributed by atoms with E-state index in [1.807, 2.05) is 5.32 Å². The average molecular weight is 491 g/mol. The largest absolute Gasteiger partial charge is 0.481 e. The first-order valence-corrected chi connectivity index (χ1v) is 10.6. The summed E-state index contributed by atoms with van der Waals surface area (Å²) in [5.74, 6) is -6.46. The molecular formula is C19H34N6O9. The molecule has 0 saturated heterocycles. The Bertz CT molecular complexity index is 746. The summed E-state index contributed by atoms with van der Waals surface area (Å²) >= 11 is 0. The number of carboxylic acid groups (broad SMARTS) is 2. The monoisotopic (exact) mass is 490 g/mol. The van der Waals surface area contributed by atoms with Crippen LogP contribution in [0.25, 0.3) is 0 Å². The van der Waals surface area contributed by atoms with E-state index in [0.717, 1.165) is 6.92 Å². The van der Waals surface area contributed by atoms with Crippen molar-refractivity contribution in [3.05, 3.63) is 0 Å². The molecule has 0 heterocycles. The van der Waals surface area contributed by atoms with Gasteiger partial charge < -0.3 is 48.5 Å². The fourth-order valence-electron chi connectivity index (χ4n) is 2.77. The topological polar surface area (TPSA) is 277 Å². The molecule has 5 atom stereocenters. The molecule has 0 aromatic heterocycles. The summed E-state index contributed by atoms with van der Waals surface area (Å²) in [6, 6.07) is -5.72. The molecule has 194 valence electrons. The molecule has 0 radical (unpaired) electrons. The number of hydrogen-bond acceptors (Lipinski definition) is 9. The number of carbonyl (C=O) groups is 6. The third kappa shape index (κ3) is 12.1. The van der Waals surface area contributed by atoms with E-state index < -0.39 is 72.3 Å². The van der Waals surface area contributed by atoms with Crippen LogP contribution in [0.1, 0.15) is 45.4 Å². The summed E-state index contributed by atoms with van der Waals surface area (Å²) in [6.45, 7) is 1.48. The van der Waals surface area contributed by atoms with Gasteiger partial charge >= 0.3 is 11.9 Å². The highest BCUT2D eigenvalue weighted by atomic mass is 16.4. The Balaban J connectivity index is 5.42. The van der Waals surface area contributed by atoms with Crippen molar-refractivity contribution in [2.24, 2.45) is 17.2 Å². The molecule has 34 heavy (non-hydrogen) atoms. The predicted molar refractivity (Wildman–Crippen MR) is 117 cm³/mol. The lowest BCUT2D eigenvalue weighted by Gasteiger charge is -2.26. The Morgan fingerprint density at radius 3 is 1.91 bits per heavy atom. The second-order valence-corrected chi connectivity index (χ2v) is 7.68. The third-order valence-corrected chi connectivity index (χ3v) is 4.67. The van der Waals surface area contributed by atoms with E-state index in [9.17, 15) is 33.9 Å². The number of hydrogen-bond donors (Lipinski definition) is 9. The minimum Gasteiger partial charge on any atom is -0.481 e. The first-order valence-electron chi connectivity index (χ1n) is 10.6. The first kappa shape index (κ1) is 30.7. The Labute approximate surface area is 195 Å². The van der Waals surface area contributed by atoms with Gasteiger partial charge in [0.25, 0.3) is 0 Å². The number of carbonyl (C=O) groups excluding carboxylic acids is 4. The minimum atomic E-state index is -1.68. The number of carboxylic acids is 2. The maximum absolute atomic E-state index is 12.8. The number of rotatable bonds is 17. The SMILES string of the molecule is CC(O)C(NC(=O)C(CCCCN)NC(=O)C(N)CCC(=O)O)C(=O)NC(CC(N)=O)C(=O)O. The Morgan fingerprint density at radius 1 is 0.853 bits per heavy atom. The van der Waals surface area contributed by atoms with Gasteiger partial charge in [-0.2, -0.15) is 0 Å². The van der Waals surface area contributed by atoms with E-state index in [4.69, 9.17) is 27.4 Å². The lowest BCUT2D eigenvalue weighted by Crippen LogP contribution is -2.60. The van der Waals surface area contributed by atoms with Crippen molar-refractivity contribution in [1.29, 1.82) is 0 Å². The van der Waals surface area contributed by atoms with Crippen LogP contribution in [-0.4, -0.2) is 87.7 Å². The molecule has 0 rings (SSSR count). The Morgan fingerprint density at radius 2 is 1.44 bits per heavy atom. The average Bonchev–Trinajstić information content (AvgIpc) is 2.73. The van der Waals surface area contributed by atoms with E-state index in [0.29, 0.717) is 19.4 Å². The number of nitrogens with one attached hydrogen (secondary N) is 3. The number of primary amides is 1. The van der Waals surface area contributed by atoms with Crippen LogP contribution < -0.4 is 33.2 Å². The van der Waals surface area contributed by atoms with Gasteiger partial charge in [0.05, 0.1) is 18.6 Å². The van der Waals surface area contributed by atoms with Crippen molar-refractivity contribution >= 4 is 35.6 Å². The van der Waals surface area contributed by atoms with Crippen molar-refractivity contribution in [2.75, 3.05) is 6.54 Å². The van der Waals surface area contributed by atoms with Gasteiger partial charge in [-0.1, -0.05) is 0 Å². The summed E-state index contributed by atoms with van der Waals surface area (Å²) in [5, 5.41) is 34.5. The first-order chi connectivity index (χ1) is 15.8. The highest BCUT2D eigenvalue weighted by molar-refractivity contribution is 5.95. The van der Waals surface area contributed by atoms with E-state index >= 15 is 0 Å². The Kier molecular flexibility index (Phi) is 14.0. The molecule has 15 nitrogen and oxygen atoms in total. The van der Waals surface area contributed by atoms with Crippen molar-refractivity contribution in [1.82, 2.24) is 16.0 Å². The Hall–Kier alpha value is -3.30. The van der Waals surface area contributed by atoms with Crippen LogP contribution in [0.3, 0.4) is 0 Å². The van der Waals surface area contributed by atoms with Gasteiger partial charge in [-0.05, 0) is 39.2 Å². The maximum Gasteiger partial charge on any atom is 0.326 e. The van der Waals surface area contributed by atoms with E-state index in [1.165, 1.54) is 0 Å². The van der Waals surface area contributed by atoms with Crippen molar-refractivity contribution in [3.63, 3.8) is 0 Å². The number of aliphatic hydroxyl groups excluding tert-OH is 1. The lowest BCUT2D eigenvalue weighted by atomic mass is 10.0. The molecule has 0 fully saturated rings. The molecule has 0 spiro atoms. The summed E-state index contributed by atoms with van der Waals surface area (Å²) in [4.78, 5) is 70.6. The summed E-state index contributed by atoms with van der Waals surface area (Å²) in [7, 11) is 0. The molecule has 0 aliphatic heterocycles. The number of unbranched alkanes of at least 4 members (excludes halogenated alkanes) is 1. The summed E-state index contributed by atoms with van der Waals surface area (Å²) in [5.41, 5.74) is 16.1. The third-order valence-electron chi connectivity index (χ3n) is 4.67. The van der Waals surface area contributed by atoms with Gasteiger partial charge in [0.1, 0.15) is 18.1 Å². The van der Waals surface area contributed by atoms with Crippen molar-refractivity contribution < 1.29 is 44.1 Å². The smallest absolute Gasteiger partial charge is 0.326 e. The fraction of sp³-hybridized carbons (Fsp3) is 0.684. The normalized spacial score (nSPS) is 15.2. The van der Waals surface area contributed by atoms with Gasteiger partial charge in [0, 0.05) is 6.42 Å². The van der Waals surface area contributed by atoms with Crippen molar-refractivity contribution in [3.8, 4) is 0 Å². The van der Waals surface area contributed by atoms with Gasteiger partial charge in [-0.3, -0.25) is 24.0 Å². The lowest BCUT2D eigenvalue weighted by molar-refractivity contribution is -0.144. The zero-order valence-corrected chi connectivity index (χ0v) is 18.9. The van der Waals surface area contributed by atoms with Crippen molar-refractivity contribution in [2.45, 2.75) is 75.7 Å². The zero-order valence-electron chi connectivity index (χ0n) is 18.9. The van der Waals surface area contributed by atoms with Gasteiger partial charge in [-0.15, -0.1) is 0 Å². The predicted octanol–water partition coefficient (Wildman–Crippen LogP) is -3.90. The fourth-order valence-corrected chi connectivity index (χ4v) is 2.77. The van der Waals surface area contributed by atoms with Crippen LogP contribution in [0, 0.1) is 0 Å².